The number of hydrogen-bond donors (Lipinski definition) is 1. The van der Waals surface area contributed by atoms with Gasteiger partial charge in [-0.05, 0) is 23.8 Å². The van der Waals surface area contributed by atoms with Crippen LogP contribution in [-0.4, -0.2) is 19.4 Å². The van der Waals surface area contributed by atoms with Gasteiger partial charge in [-0.1, -0.05) is 6.07 Å². The second kappa shape index (κ2) is 4.75. The molecule has 0 atom stereocenters. The molecule has 3 rings (SSSR count). The van der Waals surface area contributed by atoms with Gasteiger partial charge in [-0.2, -0.15) is 0 Å². The third kappa shape index (κ3) is 2.12. The molecule has 0 radical (unpaired) electrons. The van der Waals surface area contributed by atoms with E-state index in [1.165, 1.54) is 12.1 Å². The summed E-state index contributed by atoms with van der Waals surface area (Å²) in [5, 5.41) is 19.7. The Bertz CT molecular complexity index is 778. The summed E-state index contributed by atoms with van der Waals surface area (Å²) >= 11 is 0. The lowest BCUT2D eigenvalue weighted by Crippen LogP contribution is -1.88. The fraction of sp³-hybridized carbons (Fsp3) is 0.0714. The minimum atomic E-state index is -0.430. The van der Waals surface area contributed by atoms with Crippen LogP contribution in [0.3, 0.4) is 0 Å². The van der Waals surface area contributed by atoms with Crippen molar-refractivity contribution in [3.63, 3.8) is 0 Å². The SMILES string of the molecule is O=[N+]([O-])c1ccc(-c2cn3cc(CO)ccc3n2)cc1. The topological polar surface area (TPSA) is 80.7 Å². The number of fused-ring (bicyclic) bond motifs is 1. The number of non-ortho nitro benzene ring substituents is 1. The molecule has 1 aromatic carbocycles. The third-order valence-corrected chi connectivity index (χ3v) is 3.07. The molecule has 1 N–H and O–H groups in total. The first kappa shape index (κ1) is 12.3. The molecule has 0 aliphatic rings. The number of nitro benzene ring substituents is 1. The molecule has 0 amide bonds. The van der Waals surface area contributed by atoms with Crippen LogP contribution in [0.4, 0.5) is 5.69 Å². The van der Waals surface area contributed by atoms with E-state index < -0.39 is 4.92 Å². The maximum atomic E-state index is 10.6. The lowest BCUT2D eigenvalue weighted by Gasteiger charge is -1.96. The van der Waals surface area contributed by atoms with E-state index in [1.807, 2.05) is 22.7 Å². The van der Waals surface area contributed by atoms with E-state index in [-0.39, 0.29) is 12.3 Å². The Morgan fingerprint density at radius 1 is 1.15 bits per heavy atom. The predicted octanol–water partition coefficient (Wildman–Crippen LogP) is 2.40. The highest BCUT2D eigenvalue weighted by molar-refractivity contribution is 5.64. The molecule has 0 unspecified atom stereocenters. The maximum Gasteiger partial charge on any atom is 0.269 e. The van der Waals surface area contributed by atoms with Crippen molar-refractivity contribution >= 4 is 11.3 Å². The van der Waals surface area contributed by atoms with E-state index in [2.05, 4.69) is 4.98 Å². The molecule has 2 heterocycles. The van der Waals surface area contributed by atoms with E-state index in [1.54, 1.807) is 18.3 Å². The first-order chi connectivity index (χ1) is 9.67. The zero-order valence-electron chi connectivity index (χ0n) is 10.4. The molecule has 100 valence electrons. The number of hydrogen-bond acceptors (Lipinski definition) is 4. The number of aliphatic hydroxyl groups is 1. The van der Waals surface area contributed by atoms with Crippen molar-refractivity contribution in [3.8, 4) is 11.3 Å². The van der Waals surface area contributed by atoms with E-state index in [4.69, 9.17) is 5.11 Å². The van der Waals surface area contributed by atoms with Crippen LogP contribution in [-0.2, 0) is 6.61 Å². The van der Waals surface area contributed by atoms with Gasteiger partial charge in [-0.15, -0.1) is 0 Å². The average Bonchev–Trinajstić information content (AvgIpc) is 2.90. The Kier molecular flexibility index (Phi) is 2.92. The van der Waals surface area contributed by atoms with Crippen LogP contribution in [0.25, 0.3) is 16.9 Å². The zero-order valence-corrected chi connectivity index (χ0v) is 10.4. The lowest BCUT2D eigenvalue weighted by molar-refractivity contribution is -0.384. The van der Waals surface area contributed by atoms with Gasteiger partial charge in [-0.3, -0.25) is 10.1 Å². The fourth-order valence-electron chi connectivity index (χ4n) is 2.02. The Labute approximate surface area is 114 Å². The minimum Gasteiger partial charge on any atom is -0.392 e. The molecule has 20 heavy (non-hydrogen) atoms. The fourth-order valence-corrected chi connectivity index (χ4v) is 2.02. The van der Waals surface area contributed by atoms with Crippen LogP contribution >= 0.6 is 0 Å². The quantitative estimate of drug-likeness (QED) is 0.584. The van der Waals surface area contributed by atoms with Gasteiger partial charge in [0.05, 0.1) is 17.2 Å². The summed E-state index contributed by atoms with van der Waals surface area (Å²) in [6.07, 6.45) is 3.63. The van der Waals surface area contributed by atoms with Crippen LogP contribution in [0, 0.1) is 10.1 Å². The van der Waals surface area contributed by atoms with Crippen molar-refractivity contribution in [3.05, 3.63) is 64.5 Å². The summed E-state index contributed by atoms with van der Waals surface area (Å²) in [5.41, 5.74) is 3.15. The second-order valence-corrected chi connectivity index (χ2v) is 4.39. The van der Waals surface area contributed by atoms with Crippen LogP contribution in [0.5, 0.6) is 0 Å². The summed E-state index contributed by atoms with van der Waals surface area (Å²) in [4.78, 5) is 14.6. The normalized spacial score (nSPS) is 10.8. The number of nitrogens with zero attached hydrogens (tertiary/aromatic N) is 3. The van der Waals surface area contributed by atoms with Gasteiger partial charge in [0.25, 0.3) is 5.69 Å². The number of imidazole rings is 1. The Hall–Kier alpha value is -2.73. The van der Waals surface area contributed by atoms with Crippen molar-refractivity contribution in [2.75, 3.05) is 0 Å². The Morgan fingerprint density at radius 3 is 2.55 bits per heavy atom. The summed E-state index contributed by atoms with van der Waals surface area (Å²) in [7, 11) is 0. The first-order valence-electron chi connectivity index (χ1n) is 6.01. The molecule has 0 spiro atoms. The molecule has 6 heteroatoms. The van der Waals surface area contributed by atoms with Crippen LogP contribution < -0.4 is 0 Å². The highest BCUT2D eigenvalue weighted by atomic mass is 16.6. The van der Waals surface area contributed by atoms with Crippen molar-refractivity contribution < 1.29 is 10.0 Å². The highest BCUT2D eigenvalue weighted by Crippen LogP contribution is 2.22. The molecule has 0 aliphatic heterocycles. The van der Waals surface area contributed by atoms with Crippen molar-refractivity contribution in [2.45, 2.75) is 6.61 Å². The molecule has 3 aromatic rings. The highest BCUT2D eigenvalue weighted by Gasteiger charge is 2.08. The number of benzene rings is 1. The van der Waals surface area contributed by atoms with Crippen molar-refractivity contribution in [1.82, 2.24) is 9.38 Å². The summed E-state index contributed by atoms with van der Waals surface area (Å²) in [6, 6.07) is 9.89. The first-order valence-corrected chi connectivity index (χ1v) is 6.01. The monoisotopic (exact) mass is 269 g/mol. The number of rotatable bonds is 3. The van der Waals surface area contributed by atoms with E-state index in [0.29, 0.717) is 0 Å². The number of aromatic nitrogens is 2. The smallest absolute Gasteiger partial charge is 0.269 e. The van der Waals surface area contributed by atoms with Crippen molar-refractivity contribution in [1.29, 1.82) is 0 Å². The number of nitro groups is 1. The van der Waals surface area contributed by atoms with Gasteiger partial charge in [0.2, 0.25) is 0 Å². The largest absolute Gasteiger partial charge is 0.392 e. The summed E-state index contributed by atoms with van der Waals surface area (Å²) < 4.78 is 1.82. The maximum absolute atomic E-state index is 10.6. The number of pyridine rings is 1. The van der Waals surface area contributed by atoms with E-state index in [9.17, 15) is 10.1 Å². The lowest BCUT2D eigenvalue weighted by atomic mass is 10.1. The Morgan fingerprint density at radius 2 is 1.90 bits per heavy atom. The molecule has 0 saturated heterocycles. The van der Waals surface area contributed by atoms with Gasteiger partial charge < -0.3 is 9.51 Å². The van der Waals surface area contributed by atoms with Gasteiger partial charge in [0.15, 0.2) is 0 Å². The predicted molar refractivity (Wildman–Crippen MR) is 73.2 cm³/mol. The molecule has 6 nitrogen and oxygen atoms in total. The van der Waals surface area contributed by atoms with Gasteiger partial charge in [0.1, 0.15) is 5.65 Å². The van der Waals surface area contributed by atoms with Crippen LogP contribution in [0.15, 0.2) is 48.8 Å². The third-order valence-electron chi connectivity index (χ3n) is 3.07. The standard InChI is InChI=1S/C14H11N3O3/c18-9-10-1-6-14-15-13(8-16(14)7-10)11-2-4-12(5-3-11)17(19)20/h1-8,18H,9H2. The van der Waals surface area contributed by atoms with Crippen LogP contribution in [0.2, 0.25) is 0 Å². The average molecular weight is 269 g/mol. The molecular weight excluding hydrogens is 258 g/mol. The van der Waals surface area contributed by atoms with Crippen molar-refractivity contribution in [2.24, 2.45) is 0 Å². The molecule has 0 saturated carbocycles. The van der Waals surface area contributed by atoms with E-state index >= 15 is 0 Å². The Balaban J connectivity index is 2.03. The molecule has 0 aliphatic carbocycles. The zero-order chi connectivity index (χ0) is 14.1. The van der Waals surface area contributed by atoms with Gasteiger partial charge in [-0.25, -0.2) is 4.98 Å². The molecule has 0 fully saturated rings. The van der Waals surface area contributed by atoms with Gasteiger partial charge in [0, 0.05) is 30.1 Å². The summed E-state index contributed by atoms with van der Waals surface area (Å²) in [5.74, 6) is 0. The second-order valence-electron chi connectivity index (χ2n) is 4.39. The molecular formula is C14H11N3O3. The van der Waals surface area contributed by atoms with Gasteiger partial charge >= 0.3 is 0 Å². The molecule has 0 bridgehead atoms. The minimum absolute atomic E-state index is 0.0268. The molecule has 2 aromatic heterocycles. The number of aliphatic hydroxyl groups excluding tert-OH is 1. The summed E-state index contributed by atoms with van der Waals surface area (Å²) in [6.45, 7) is -0.0268. The van der Waals surface area contributed by atoms with E-state index in [0.717, 1.165) is 22.5 Å². The van der Waals surface area contributed by atoms with Crippen LogP contribution in [0.1, 0.15) is 5.56 Å².